The number of pyridine rings is 1. The molecule has 1 aliphatic rings. The van der Waals surface area contributed by atoms with Gasteiger partial charge in [0.25, 0.3) is 0 Å². The van der Waals surface area contributed by atoms with Crippen LogP contribution < -0.4 is 5.32 Å². The fourth-order valence-electron chi connectivity index (χ4n) is 2.88. The first-order valence-electron chi connectivity index (χ1n) is 8.32. The molecule has 0 saturated heterocycles. The molecule has 0 radical (unpaired) electrons. The largest absolute Gasteiger partial charge is 0.312 e. The van der Waals surface area contributed by atoms with Crippen LogP contribution in [0.3, 0.4) is 0 Å². The molecule has 22 heavy (non-hydrogen) atoms. The summed E-state index contributed by atoms with van der Waals surface area (Å²) in [6.45, 7) is 8.33. The highest BCUT2D eigenvalue weighted by Gasteiger charge is 2.10. The van der Waals surface area contributed by atoms with E-state index in [1.807, 2.05) is 0 Å². The van der Waals surface area contributed by atoms with Crippen LogP contribution in [0.4, 0.5) is 0 Å². The molecule has 2 rings (SSSR count). The SMILES string of the molecule is CCc1ccc(CC)c(CCNCC2=CC(Cl)CC(C)=C2)n1. The molecular weight excluding hydrogens is 292 g/mol. The number of allylic oxidation sites excluding steroid dienone is 2. The molecule has 1 unspecified atom stereocenters. The van der Waals surface area contributed by atoms with Crippen LogP contribution in [0.25, 0.3) is 0 Å². The van der Waals surface area contributed by atoms with Gasteiger partial charge in [-0.2, -0.15) is 0 Å². The van der Waals surface area contributed by atoms with E-state index in [1.165, 1.54) is 28.1 Å². The lowest BCUT2D eigenvalue weighted by Gasteiger charge is -2.16. The van der Waals surface area contributed by atoms with Gasteiger partial charge >= 0.3 is 0 Å². The maximum Gasteiger partial charge on any atom is 0.0559 e. The second-order valence-corrected chi connectivity index (χ2v) is 6.56. The topological polar surface area (TPSA) is 24.9 Å². The van der Waals surface area contributed by atoms with E-state index in [-0.39, 0.29) is 5.38 Å². The van der Waals surface area contributed by atoms with Crippen molar-refractivity contribution in [1.29, 1.82) is 0 Å². The average molecular weight is 319 g/mol. The van der Waals surface area contributed by atoms with Gasteiger partial charge in [-0.15, -0.1) is 11.6 Å². The lowest BCUT2D eigenvalue weighted by molar-refractivity contribution is 0.711. The van der Waals surface area contributed by atoms with Crippen LogP contribution >= 0.6 is 11.6 Å². The molecule has 0 aromatic carbocycles. The predicted molar refractivity (Wildman–Crippen MR) is 95.7 cm³/mol. The normalized spacial score (nSPS) is 18.1. The third-order valence-corrected chi connectivity index (χ3v) is 4.36. The highest BCUT2D eigenvalue weighted by atomic mass is 35.5. The second kappa shape index (κ2) is 8.50. The van der Waals surface area contributed by atoms with E-state index >= 15 is 0 Å². The molecule has 1 aromatic heterocycles. The van der Waals surface area contributed by atoms with Gasteiger partial charge < -0.3 is 5.32 Å². The Morgan fingerprint density at radius 2 is 2.09 bits per heavy atom. The first-order valence-corrected chi connectivity index (χ1v) is 8.76. The zero-order valence-corrected chi connectivity index (χ0v) is 14.7. The molecule has 0 aliphatic heterocycles. The molecule has 1 aliphatic carbocycles. The molecular formula is C19H27ClN2. The van der Waals surface area contributed by atoms with Crippen LogP contribution in [-0.4, -0.2) is 23.5 Å². The van der Waals surface area contributed by atoms with Crippen LogP contribution in [-0.2, 0) is 19.3 Å². The Bertz CT molecular complexity index is 561. The maximum absolute atomic E-state index is 6.23. The zero-order valence-electron chi connectivity index (χ0n) is 14.0. The average Bonchev–Trinajstić information content (AvgIpc) is 2.50. The highest BCUT2D eigenvalue weighted by molar-refractivity contribution is 6.22. The third kappa shape index (κ3) is 4.96. The van der Waals surface area contributed by atoms with Crippen molar-refractivity contribution in [3.63, 3.8) is 0 Å². The molecule has 120 valence electrons. The lowest BCUT2D eigenvalue weighted by atomic mass is 10.0. The lowest BCUT2D eigenvalue weighted by Crippen LogP contribution is -2.22. The first-order chi connectivity index (χ1) is 10.6. The summed E-state index contributed by atoms with van der Waals surface area (Å²) in [4.78, 5) is 4.78. The molecule has 1 N–H and O–H groups in total. The Kier molecular flexibility index (Phi) is 6.66. The molecule has 0 bridgehead atoms. The second-order valence-electron chi connectivity index (χ2n) is 5.99. The van der Waals surface area contributed by atoms with Gasteiger partial charge in [-0.3, -0.25) is 4.98 Å². The van der Waals surface area contributed by atoms with Crippen molar-refractivity contribution in [1.82, 2.24) is 10.3 Å². The molecule has 2 nitrogen and oxygen atoms in total. The Hall–Kier alpha value is -1.12. The predicted octanol–water partition coefficient (Wildman–Crippen LogP) is 4.22. The number of alkyl halides is 1. The van der Waals surface area contributed by atoms with Gasteiger partial charge in [0.05, 0.1) is 5.38 Å². The summed E-state index contributed by atoms with van der Waals surface area (Å²) in [6, 6.07) is 4.38. The van der Waals surface area contributed by atoms with Gasteiger partial charge in [0.1, 0.15) is 0 Å². The molecule has 0 fully saturated rings. The number of rotatable bonds is 7. The van der Waals surface area contributed by atoms with Gasteiger partial charge in [-0.1, -0.05) is 37.6 Å². The number of nitrogens with one attached hydrogen (secondary N) is 1. The summed E-state index contributed by atoms with van der Waals surface area (Å²) in [5.41, 5.74) is 6.46. The summed E-state index contributed by atoms with van der Waals surface area (Å²) < 4.78 is 0. The summed E-state index contributed by atoms with van der Waals surface area (Å²) in [5.74, 6) is 0. The molecule has 0 amide bonds. The quantitative estimate of drug-likeness (QED) is 0.601. The van der Waals surface area contributed by atoms with Gasteiger partial charge in [0.2, 0.25) is 0 Å². The fourth-order valence-corrected chi connectivity index (χ4v) is 3.29. The van der Waals surface area contributed by atoms with Crippen LogP contribution in [0.1, 0.15) is 44.1 Å². The molecule has 0 saturated carbocycles. The Balaban J connectivity index is 1.86. The van der Waals surface area contributed by atoms with Crippen molar-refractivity contribution in [2.24, 2.45) is 0 Å². The maximum atomic E-state index is 6.23. The Morgan fingerprint density at radius 1 is 1.27 bits per heavy atom. The Labute approximate surface area is 139 Å². The van der Waals surface area contributed by atoms with Crippen molar-refractivity contribution >= 4 is 11.6 Å². The van der Waals surface area contributed by atoms with Gasteiger partial charge in [0, 0.05) is 30.9 Å². The van der Waals surface area contributed by atoms with E-state index in [0.717, 1.165) is 38.8 Å². The molecule has 3 heteroatoms. The van der Waals surface area contributed by atoms with E-state index in [1.54, 1.807) is 0 Å². The number of hydrogen-bond acceptors (Lipinski definition) is 2. The van der Waals surface area contributed by atoms with Gasteiger partial charge in [0.15, 0.2) is 0 Å². The minimum Gasteiger partial charge on any atom is -0.312 e. The number of hydrogen-bond donors (Lipinski definition) is 1. The van der Waals surface area contributed by atoms with Crippen LogP contribution in [0.5, 0.6) is 0 Å². The van der Waals surface area contributed by atoms with Crippen LogP contribution in [0.15, 0.2) is 35.4 Å². The van der Waals surface area contributed by atoms with Crippen molar-refractivity contribution < 1.29 is 0 Å². The summed E-state index contributed by atoms with van der Waals surface area (Å²) in [6.07, 6.45) is 8.41. The van der Waals surface area contributed by atoms with Gasteiger partial charge in [-0.25, -0.2) is 0 Å². The summed E-state index contributed by atoms with van der Waals surface area (Å²) >= 11 is 6.23. The summed E-state index contributed by atoms with van der Waals surface area (Å²) in [7, 11) is 0. The minimum atomic E-state index is 0.149. The van der Waals surface area contributed by atoms with E-state index in [2.05, 4.69) is 50.4 Å². The molecule has 1 heterocycles. The molecule has 0 spiro atoms. The first kappa shape index (κ1) is 17.2. The van der Waals surface area contributed by atoms with Crippen molar-refractivity contribution in [3.05, 3.63) is 52.4 Å². The molecule has 1 atom stereocenters. The third-order valence-electron chi connectivity index (χ3n) is 4.08. The number of aromatic nitrogens is 1. The fraction of sp³-hybridized carbons (Fsp3) is 0.526. The Morgan fingerprint density at radius 3 is 2.77 bits per heavy atom. The van der Waals surface area contributed by atoms with E-state index in [9.17, 15) is 0 Å². The van der Waals surface area contributed by atoms with Crippen molar-refractivity contribution in [2.75, 3.05) is 13.1 Å². The number of halogens is 1. The minimum absolute atomic E-state index is 0.149. The van der Waals surface area contributed by atoms with Crippen molar-refractivity contribution in [2.45, 2.75) is 51.8 Å². The number of aryl methyl sites for hydroxylation is 2. The zero-order chi connectivity index (χ0) is 15.9. The number of nitrogens with zero attached hydrogens (tertiary/aromatic N) is 1. The molecule has 1 aromatic rings. The standard InChI is InChI=1S/C19H27ClN2/c1-4-16-6-7-18(5-2)22-19(16)8-9-21-13-15-10-14(3)11-17(20)12-15/h6-7,10,12,17,21H,4-5,8-9,11,13H2,1-3H3. The summed E-state index contributed by atoms with van der Waals surface area (Å²) in [5, 5.41) is 3.67. The van der Waals surface area contributed by atoms with Crippen LogP contribution in [0.2, 0.25) is 0 Å². The van der Waals surface area contributed by atoms with Gasteiger partial charge in [-0.05, 0) is 43.4 Å². The van der Waals surface area contributed by atoms with E-state index < -0.39 is 0 Å². The van der Waals surface area contributed by atoms with E-state index in [4.69, 9.17) is 16.6 Å². The van der Waals surface area contributed by atoms with Crippen molar-refractivity contribution in [3.8, 4) is 0 Å². The monoisotopic (exact) mass is 318 g/mol. The van der Waals surface area contributed by atoms with Crippen LogP contribution in [0, 0.1) is 0 Å². The highest BCUT2D eigenvalue weighted by Crippen LogP contribution is 2.20. The smallest absolute Gasteiger partial charge is 0.0559 e. The van der Waals surface area contributed by atoms with E-state index in [0.29, 0.717) is 0 Å².